The van der Waals surface area contributed by atoms with E-state index in [2.05, 4.69) is 15.3 Å². The number of nitrogens with one attached hydrogen (secondary N) is 2. The predicted molar refractivity (Wildman–Crippen MR) is 57.4 cm³/mol. The smallest absolute Gasteiger partial charge is 0.228 e. The van der Waals surface area contributed by atoms with Gasteiger partial charge in [0.05, 0.1) is 11.7 Å². The second-order valence-electron chi connectivity index (χ2n) is 3.90. The van der Waals surface area contributed by atoms with Crippen molar-refractivity contribution in [3.05, 3.63) is 24.5 Å². The number of aromatic amines is 1. The van der Waals surface area contributed by atoms with Crippen LogP contribution in [0.3, 0.4) is 0 Å². The van der Waals surface area contributed by atoms with Crippen molar-refractivity contribution in [2.75, 3.05) is 5.32 Å². The quantitative estimate of drug-likeness (QED) is 0.779. The lowest BCUT2D eigenvalue weighted by molar-refractivity contribution is -0.117. The molecule has 4 nitrogen and oxygen atoms in total. The van der Waals surface area contributed by atoms with Crippen LogP contribution in [0.2, 0.25) is 0 Å². The second kappa shape index (κ2) is 3.08. The molecule has 2 heterocycles. The van der Waals surface area contributed by atoms with Gasteiger partial charge in [0, 0.05) is 17.5 Å². The number of anilines is 1. The summed E-state index contributed by atoms with van der Waals surface area (Å²) in [6.45, 7) is 0. The Bertz CT molecular complexity index is 513. The summed E-state index contributed by atoms with van der Waals surface area (Å²) < 4.78 is 0. The standard InChI is InChI=1S/C11H11N3O/c15-11(7-1-2-7)14-10-5-8-3-4-12-9(8)6-13-10/h3-7,12H,1-2H2,(H,13,14,15). The Balaban J connectivity index is 1.86. The molecule has 0 unspecified atom stereocenters. The molecule has 4 heteroatoms. The molecule has 76 valence electrons. The maximum absolute atomic E-state index is 11.5. The van der Waals surface area contributed by atoms with Crippen molar-refractivity contribution in [3.63, 3.8) is 0 Å². The zero-order valence-corrected chi connectivity index (χ0v) is 8.16. The van der Waals surface area contributed by atoms with Crippen LogP contribution in [0.25, 0.3) is 10.9 Å². The zero-order chi connectivity index (χ0) is 10.3. The molecule has 1 fully saturated rings. The van der Waals surface area contributed by atoms with E-state index in [1.165, 1.54) is 0 Å². The fourth-order valence-electron chi connectivity index (χ4n) is 1.59. The highest BCUT2D eigenvalue weighted by molar-refractivity contribution is 5.94. The van der Waals surface area contributed by atoms with Crippen LogP contribution < -0.4 is 5.32 Å². The van der Waals surface area contributed by atoms with Crippen molar-refractivity contribution in [3.8, 4) is 0 Å². The van der Waals surface area contributed by atoms with Crippen molar-refractivity contribution in [1.82, 2.24) is 9.97 Å². The average molecular weight is 201 g/mol. The number of pyridine rings is 1. The molecule has 1 aliphatic rings. The lowest BCUT2D eigenvalue weighted by atomic mass is 10.3. The SMILES string of the molecule is O=C(Nc1cc2cc[nH]c2cn1)C1CC1. The number of nitrogens with zero attached hydrogens (tertiary/aromatic N) is 1. The maximum atomic E-state index is 11.5. The van der Waals surface area contributed by atoms with Crippen LogP contribution >= 0.6 is 0 Å². The van der Waals surface area contributed by atoms with Crippen LogP contribution in [-0.2, 0) is 4.79 Å². The van der Waals surface area contributed by atoms with Crippen LogP contribution in [0.5, 0.6) is 0 Å². The first-order valence-electron chi connectivity index (χ1n) is 5.07. The average Bonchev–Trinajstić information content (AvgIpc) is 2.98. The molecule has 0 atom stereocenters. The van der Waals surface area contributed by atoms with Crippen LogP contribution in [0.15, 0.2) is 24.5 Å². The summed E-state index contributed by atoms with van der Waals surface area (Å²) in [5.74, 6) is 0.949. The van der Waals surface area contributed by atoms with Crippen molar-refractivity contribution in [2.45, 2.75) is 12.8 Å². The van der Waals surface area contributed by atoms with Gasteiger partial charge in [-0.25, -0.2) is 4.98 Å². The molecule has 1 saturated carbocycles. The maximum Gasteiger partial charge on any atom is 0.228 e. The van der Waals surface area contributed by atoms with E-state index in [1.54, 1.807) is 6.20 Å². The van der Waals surface area contributed by atoms with Gasteiger partial charge in [-0.2, -0.15) is 0 Å². The number of hydrogen-bond donors (Lipinski definition) is 2. The normalized spacial score (nSPS) is 15.5. The molecule has 0 radical (unpaired) electrons. The monoisotopic (exact) mass is 201 g/mol. The number of fused-ring (bicyclic) bond motifs is 1. The topological polar surface area (TPSA) is 57.8 Å². The molecular formula is C11H11N3O. The minimum absolute atomic E-state index is 0.0948. The Kier molecular flexibility index (Phi) is 1.74. The van der Waals surface area contributed by atoms with E-state index >= 15 is 0 Å². The van der Waals surface area contributed by atoms with Gasteiger partial charge in [-0.05, 0) is 25.0 Å². The molecule has 1 aliphatic carbocycles. The summed E-state index contributed by atoms with van der Waals surface area (Å²) in [7, 11) is 0. The fourth-order valence-corrected chi connectivity index (χ4v) is 1.59. The molecule has 0 aliphatic heterocycles. The molecule has 2 aromatic rings. The van der Waals surface area contributed by atoms with Gasteiger partial charge in [-0.3, -0.25) is 4.79 Å². The van der Waals surface area contributed by atoms with Gasteiger partial charge in [-0.1, -0.05) is 0 Å². The van der Waals surface area contributed by atoms with Crippen LogP contribution in [-0.4, -0.2) is 15.9 Å². The second-order valence-corrected chi connectivity index (χ2v) is 3.90. The van der Waals surface area contributed by atoms with Crippen LogP contribution in [0, 0.1) is 5.92 Å². The van der Waals surface area contributed by atoms with Gasteiger partial charge in [-0.15, -0.1) is 0 Å². The van der Waals surface area contributed by atoms with Gasteiger partial charge in [0.15, 0.2) is 0 Å². The third-order valence-corrected chi connectivity index (χ3v) is 2.64. The van der Waals surface area contributed by atoms with Crippen molar-refractivity contribution < 1.29 is 4.79 Å². The predicted octanol–water partition coefficient (Wildman–Crippen LogP) is 1.91. The first-order valence-corrected chi connectivity index (χ1v) is 5.07. The number of carbonyl (C=O) groups excluding carboxylic acids is 1. The molecule has 1 amide bonds. The van der Waals surface area contributed by atoms with Crippen molar-refractivity contribution in [1.29, 1.82) is 0 Å². The van der Waals surface area contributed by atoms with Crippen LogP contribution in [0.1, 0.15) is 12.8 Å². The Hall–Kier alpha value is -1.84. The van der Waals surface area contributed by atoms with Crippen molar-refractivity contribution >= 4 is 22.6 Å². The summed E-state index contributed by atoms with van der Waals surface area (Å²) in [4.78, 5) is 18.7. The Morgan fingerprint density at radius 2 is 2.40 bits per heavy atom. The molecular weight excluding hydrogens is 190 g/mol. The number of hydrogen-bond acceptors (Lipinski definition) is 2. The van der Waals surface area contributed by atoms with Gasteiger partial charge in [0.2, 0.25) is 5.91 Å². The Morgan fingerprint density at radius 3 is 3.20 bits per heavy atom. The van der Waals surface area contributed by atoms with E-state index in [0.29, 0.717) is 5.82 Å². The lowest BCUT2D eigenvalue weighted by Crippen LogP contribution is -2.14. The first-order chi connectivity index (χ1) is 7.33. The molecule has 2 aromatic heterocycles. The molecule has 2 N–H and O–H groups in total. The molecule has 0 spiro atoms. The number of amides is 1. The molecule has 0 aromatic carbocycles. The first kappa shape index (κ1) is 8.47. The summed E-state index contributed by atoms with van der Waals surface area (Å²) in [6.07, 6.45) is 5.62. The zero-order valence-electron chi connectivity index (χ0n) is 8.16. The third-order valence-electron chi connectivity index (χ3n) is 2.64. The van der Waals surface area contributed by atoms with E-state index in [9.17, 15) is 4.79 Å². The highest BCUT2D eigenvalue weighted by atomic mass is 16.2. The number of H-pyrrole nitrogens is 1. The Labute approximate surface area is 86.7 Å². The number of rotatable bonds is 2. The van der Waals surface area contributed by atoms with Gasteiger partial charge < -0.3 is 10.3 Å². The van der Waals surface area contributed by atoms with Crippen molar-refractivity contribution in [2.24, 2.45) is 5.92 Å². The number of carbonyl (C=O) groups is 1. The number of aromatic nitrogens is 2. The van der Waals surface area contributed by atoms with E-state index in [1.807, 2.05) is 18.3 Å². The summed E-state index contributed by atoms with van der Waals surface area (Å²) in [5, 5.41) is 3.89. The van der Waals surface area contributed by atoms with Gasteiger partial charge in [0.1, 0.15) is 5.82 Å². The van der Waals surface area contributed by atoms with E-state index in [-0.39, 0.29) is 11.8 Å². The van der Waals surface area contributed by atoms with Gasteiger partial charge >= 0.3 is 0 Å². The van der Waals surface area contributed by atoms with E-state index in [0.717, 1.165) is 23.7 Å². The molecule has 3 rings (SSSR count). The van der Waals surface area contributed by atoms with E-state index < -0.39 is 0 Å². The minimum Gasteiger partial charge on any atom is -0.360 e. The summed E-state index contributed by atoms with van der Waals surface area (Å²) >= 11 is 0. The Morgan fingerprint density at radius 1 is 1.53 bits per heavy atom. The molecule has 0 bridgehead atoms. The summed E-state index contributed by atoms with van der Waals surface area (Å²) in [5.41, 5.74) is 0.986. The summed E-state index contributed by atoms with van der Waals surface area (Å²) in [6, 6.07) is 3.84. The lowest BCUT2D eigenvalue weighted by Gasteiger charge is -2.02. The highest BCUT2D eigenvalue weighted by Crippen LogP contribution is 2.30. The van der Waals surface area contributed by atoms with Crippen LogP contribution in [0.4, 0.5) is 5.82 Å². The fraction of sp³-hybridized carbons (Fsp3) is 0.273. The highest BCUT2D eigenvalue weighted by Gasteiger charge is 2.29. The largest absolute Gasteiger partial charge is 0.360 e. The third kappa shape index (κ3) is 1.58. The minimum atomic E-state index is 0.0948. The molecule has 0 saturated heterocycles. The van der Waals surface area contributed by atoms with E-state index in [4.69, 9.17) is 0 Å². The molecule has 15 heavy (non-hydrogen) atoms. The van der Waals surface area contributed by atoms with Gasteiger partial charge in [0.25, 0.3) is 0 Å².